The number of rotatable bonds is 5. The van der Waals surface area contributed by atoms with Crippen molar-refractivity contribution in [3.63, 3.8) is 0 Å². The summed E-state index contributed by atoms with van der Waals surface area (Å²) >= 11 is 2.94. The van der Waals surface area contributed by atoms with Crippen LogP contribution in [0.15, 0.2) is 46.0 Å². The zero-order valence-corrected chi connectivity index (χ0v) is 20.2. The zero-order chi connectivity index (χ0) is 22.1. The summed E-state index contributed by atoms with van der Waals surface area (Å²) in [6.45, 7) is 1.19. The highest BCUT2D eigenvalue weighted by Gasteiger charge is 2.37. The van der Waals surface area contributed by atoms with Crippen molar-refractivity contribution < 1.29 is 13.2 Å². The molecule has 0 bridgehead atoms. The molecule has 3 aromatic rings. The van der Waals surface area contributed by atoms with Gasteiger partial charge < -0.3 is 4.90 Å². The number of nitrogens with zero attached hydrogens (tertiary/aromatic N) is 2. The molecule has 1 saturated carbocycles. The number of hydrogen-bond donors (Lipinski definition) is 1. The number of aromatic nitrogens is 1. The molecule has 2 aliphatic rings. The van der Waals surface area contributed by atoms with Crippen molar-refractivity contribution in [2.24, 2.45) is 5.92 Å². The van der Waals surface area contributed by atoms with E-state index in [1.807, 2.05) is 23.1 Å². The number of carbonyl (C=O) groups excluding carboxylic acids is 1. The first-order valence-corrected chi connectivity index (χ1v) is 14.4. The summed E-state index contributed by atoms with van der Waals surface area (Å²) < 4.78 is 29.4. The van der Waals surface area contributed by atoms with Gasteiger partial charge in [0.15, 0.2) is 0 Å². The molecule has 170 valence electrons. The Kier molecular flexibility index (Phi) is 6.33. The minimum atomic E-state index is -3.47. The van der Waals surface area contributed by atoms with E-state index in [1.54, 1.807) is 28.8 Å². The van der Waals surface area contributed by atoms with Crippen LogP contribution >= 0.6 is 22.7 Å². The van der Waals surface area contributed by atoms with E-state index in [0.717, 1.165) is 36.2 Å². The van der Waals surface area contributed by atoms with Crippen LogP contribution in [0.5, 0.6) is 0 Å². The number of thiazole rings is 1. The van der Waals surface area contributed by atoms with Gasteiger partial charge in [0.2, 0.25) is 15.9 Å². The topological polar surface area (TPSA) is 79.4 Å². The lowest BCUT2D eigenvalue weighted by atomic mass is 9.78. The van der Waals surface area contributed by atoms with Crippen molar-refractivity contribution in [1.82, 2.24) is 14.6 Å². The molecule has 0 radical (unpaired) electrons. The number of benzene rings is 1. The van der Waals surface area contributed by atoms with Gasteiger partial charge in [-0.15, -0.1) is 22.7 Å². The van der Waals surface area contributed by atoms with Gasteiger partial charge in [0, 0.05) is 31.0 Å². The minimum absolute atomic E-state index is 0.0244. The van der Waals surface area contributed by atoms with Gasteiger partial charge in [0.1, 0.15) is 4.21 Å². The lowest BCUT2D eigenvalue weighted by Crippen LogP contribution is -2.48. The molecular formula is C23H27N3O3S3. The molecule has 32 heavy (non-hydrogen) atoms. The van der Waals surface area contributed by atoms with Crippen molar-refractivity contribution in [2.75, 3.05) is 13.1 Å². The van der Waals surface area contributed by atoms with E-state index in [2.05, 4.69) is 10.8 Å². The number of fused-ring (bicyclic) bond motifs is 1. The van der Waals surface area contributed by atoms with Gasteiger partial charge in [0.05, 0.1) is 15.2 Å². The molecule has 1 N–H and O–H groups in total. The highest BCUT2D eigenvalue weighted by molar-refractivity contribution is 7.91. The van der Waals surface area contributed by atoms with E-state index in [1.165, 1.54) is 16.0 Å². The Bertz CT molecular complexity index is 1150. The molecule has 1 saturated heterocycles. The van der Waals surface area contributed by atoms with Crippen LogP contribution in [0.4, 0.5) is 0 Å². The molecule has 2 fully saturated rings. The highest BCUT2D eigenvalue weighted by Crippen LogP contribution is 2.42. The van der Waals surface area contributed by atoms with Crippen molar-refractivity contribution >= 4 is 48.8 Å². The van der Waals surface area contributed by atoms with Crippen LogP contribution in [0.25, 0.3) is 10.2 Å². The molecule has 0 spiro atoms. The maximum absolute atomic E-state index is 13.5. The van der Waals surface area contributed by atoms with E-state index >= 15 is 0 Å². The normalized spacial score (nSPS) is 22.9. The van der Waals surface area contributed by atoms with E-state index < -0.39 is 10.0 Å². The Morgan fingerprint density at radius 3 is 2.56 bits per heavy atom. The Morgan fingerprint density at radius 2 is 1.81 bits per heavy atom. The average Bonchev–Trinajstić information content (AvgIpc) is 3.49. The fourth-order valence-corrected chi connectivity index (χ4v) is 8.40. The molecule has 1 aliphatic heterocycles. The van der Waals surface area contributed by atoms with Crippen LogP contribution in [-0.2, 0) is 14.8 Å². The third kappa shape index (κ3) is 4.48. The first-order valence-electron chi connectivity index (χ1n) is 11.2. The Balaban J connectivity index is 1.24. The smallest absolute Gasteiger partial charge is 0.250 e. The largest absolute Gasteiger partial charge is 0.342 e. The first-order chi connectivity index (χ1) is 15.5. The van der Waals surface area contributed by atoms with Crippen LogP contribution in [0.1, 0.15) is 49.5 Å². The zero-order valence-electron chi connectivity index (χ0n) is 17.8. The monoisotopic (exact) mass is 489 g/mol. The van der Waals surface area contributed by atoms with Crippen LogP contribution in [0, 0.1) is 5.92 Å². The second kappa shape index (κ2) is 9.21. The summed E-state index contributed by atoms with van der Waals surface area (Å²) in [7, 11) is -3.47. The number of piperidine rings is 1. The predicted molar refractivity (Wildman–Crippen MR) is 129 cm³/mol. The number of amides is 1. The van der Waals surface area contributed by atoms with Gasteiger partial charge >= 0.3 is 0 Å². The fourth-order valence-electron chi connectivity index (χ4n) is 4.92. The minimum Gasteiger partial charge on any atom is -0.342 e. The van der Waals surface area contributed by atoms with Gasteiger partial charge in [-0.2, -0.15) is 0 Å². The lowest BCUT2D eigenvalue weighted by Gasteiger charge is -2.37. The summed E-state index contributed by atoms with van der Waals surface area (Å²) in [5.74, 6) is 0.376. The van der Waals surface area contributed by atoms with Crippen molar-refractivity contribution in [3.05, 3.63) is 46.8 Å². The number of nitrogens with one attached hydrogen (secondary N) is 1. The third-order valence-electron chi connectivity index (χ3n) is 6.60. The molecule has 1 aliphatic carbocycles. The van der Waals surface area contributed by atoms with Crippen LogP contribution < -0.4 is 4.72 Å². The van der Waals surface area contributed by atoms with E-state index in [9.17, 15) is 13.2 Å². The number of likely N-dealkylation sites (tertiary alicyclic amines) is 1. The van der Waals surface area contributed by atoms with Crippen LogP contribution in [-0.4, -0.2) is 43.3 Å². The van der Waals surface area contributed by atoms with Crippen LogP contribution in [0.2, 0.25) is 0 Å². The van der Waals surface area contributed by atoms with Crippen molar-refractivity contribution in [2.45, 2.75) is 54.7 Å². The molecule has 2 atom stereocenters. The maximum atomic E-state index is 13.5. The second-order valence-electron chi connectivity index (χ2n) is 8.67. The summed E-state index contributed by atoms with van der Waals surface area (Å²) in [5.41, 5.74) is 1.02. The maximum Gasteiger partial charge on any atom is 0.250 e. The molecule has 2 aromatic heterocycles. The molecule has 1 aromatic carbocycles. The lowest BCUT2D eigenvalue weighted by molar-refractivity contribution is -0.138. The van der Waals surface area contributed by atoms with E-state index in [-0.39, 0.29) is 23.8 Å². The Morgan fingerprint density at radius 1 is 1.03 bits per heavy atom. The molecule has 6 nitrogen and oxygen atoms in total. The summed E-state index contributed by atoms with van der Waals surface area (Å²) in [5, 5.41) is 2.85. The number of para-hydroxylation sites is 1. The van der Waals surface area contributed by atoms with Crippen LogP contribution in [0.3, 0.4) is 0 Å². The molecular weight excluding hydrogens is 462 g/mol. The molecule has 9 heteroatoms. The van der Waals surface area contributed by atoms with Crippen molar-refractivity contribution in [3.8, 4) is 0 Å². The first kappa shape index (κ1) is 22.0. The number of hydrogen-bond acceptors (Lipinski definition) is 6. The average molecular weight is 490 g/mol. The standard InChI is InChI=1S/C23H27N3O3S3/c27-23(26-13-11-16(12-14-26)25-32(28,29)21-10-5-15-30-21)18-7-2-1-6-17(18)22-24-19-8-3-4-9-20(19)31-22/h3-5,8-10,15-18,25H,1-2,6-7,11-14H2/t17-,18+/m0/s1. The Labute approximate surface area is 196 Å². The Hall–Kier alpha value is -1.81. The molecule has 0 unspecified atom stereocenters. The van der Waals surface area contributed by atoms with Gasteiger partial charge in [-0.25, -0.2) is 18.1 Å². The number of sulfonamides is 1. The predicted octanol–water partition coefficient (Wildman–Crippen LogP) is 4.60. The molecule has 5 rings (SSSR count). The summed E-state index contributed by atoms with van der Waals surface area (Å²) in [6, 6.07) is 11.4. The van der Waals surface area contributed by atoms with Gasteiger partial charge in [-0.3, -0.25) is 4.79 Å². The van der Waals surface area contributed by atoms with E-state index in [0.29, 0.717) is 30.1 Å². The van der Waals surface area contributed by atoms with Gasteiger partial charge in [-0.1, -0.05) is 31.0 Å². The SMILES string of the molecule is O=C([C@@H]1CCCC[C@@H]1c1nc2ccccc2s1)N1CCC(NS(=O)(=O)c2cccs2)CC1. The summed E-state index contributed by atoms with van der Waals surface area (Å²) in [4.78, 5) is 20.3. The highest BCUT2D eigenvalue weighted by atomic mass is 32.2. The number of thiophene rings is 1. The molecule has 1 amide bonds. The third-order valence-corrected chi connectivity index (χ3v) is 10.7. The van der Waals surface area contributed by atoms with Crippen molar-refractivity contribution in [1.29, 1.82) is 0 Å². The fraction of sp³-hybridized carbons (Fsp3) is 0.478. The number of carbonyl (C=O) groups is 1. The second-order valence-corrected chi connectivity index (χ2v) is 12.6. The molecule has 3 heterocycles. The van der Waals surface area contributed by atoms with Gasteiger partial charge in [0.25, 0.3) is 0 Å². The van der Waals surface area contributed by atoms with E-state index in [4.69, 9.17) is 4.98 Å². The van der Waals surface area contributed by atoms with Gasteiger partial charge in [-0.05, 0) is 49.3 Å². The summed E-state index contributed by atoms with van der Waals surface area (Å²) in [6.07, 6.45) is 5.42. The quantitative estimate of drug-likeness (QED) is 0.568.